The first kappa shape index (κ1) is 19.4. The van der Waals surface area contributed by atoms with Gasteiger partial charge in [-0.05, 0) is 31.4 Å². The van der Waals surface area contributed by atoms with Crippen molar-refractivity contribution in [2.45, 2.75) is 31.8 Å². The Balaban J connectivity index is 1.53. The summed E-state index contributed by atoms with van der Waals surface area (Å²) < 4.78 is 29.3. The fraction of sp³-hybridized carbons (Fsp3) is 0.500. The number of nitrogens with one attached hydrogen (secondary N) is 1. The van der Waals surface area contributed by atoms with Crippen molar-refractivity contribution >= 4 is 5.91 Å². The highest BCUT2D eigenvalue weighted by Gasteiger charge is 2.24. The summed E-state index contributed by atoms with van der Waals surface area (Å²) >= 11 is 0. The maximum Gasteiger partial charge on any atom is 0.273 e. The summed E-state index contributed by atoms with van der Waals surface area (Å²) in [5, 5.41) is 19.4. The number of hydrogen-bond acceptors (Lipinski definition) is 5. The third-order valence-corrected chi connectivity index (χ3v) is 4.74. The molecular formula is C18H23F2N5O2. The number of likely N-dealkylation sites (tertiary alicyclic amines) is 1. The second-order valence-corrected chi connectivity index (χ2v) is 6.62. The molecular weight excluding hydrogens is 356 g/mol. The van der Waals surface area contributed by atoms with Crippen LogP contribution in [-0.4, -0.2) is 57.1 Å². The van der Waals surface area contributed by atoms with Crippen LogP contribution >= 0.6 is 0 Å². The Hall–Kier alpha value is -2.39. The van der Waals surface area contributed by atoms with Crippen molar-refractivity contribution in [3.63, 3.8) is 0 Å². The van der Waals surface area contributed by atoms with E-state index in [1.807, 2.05) is 4.90 Å². The molecule has 0 aliphatic carbocycles. The van der Waals surface area contributed by atoms with Gasteiger partial charge in [0.05, 0.1) is 12.2 Å². The number of aliphatic hydroxyl groups is 1. The molecule has 1 fully saturated rings. The molecule has 1 aromatic heterocycles. The minimum atomic E-state index is -0.523. The SMILES string of the molecule is O=C(NCCCO)c1cn(C2CCN(Cc3c(F)cccc3F)CC2)nn1. The van der Waals surface area contributed by atoms with Crippen LogP contribution in [0.4, 0.5) is 8.78 Å². The highest BCUT2D eigenvalue weighted by atomic mass is 19.1. The first-order valence-corrected chi connectivity index (χ1v) is 9.04. The minimum absolute atomic E-state index is 0.0162. The molecule has 9 heteroatoms. The maximum absolute atomic E-state index is 13.8. The van der Waals surface area contributed by atoms with Gasteiger partial charge in [-0.3, -0.25) is 9.69 Å². The van der Waals surface area contributed by atoms with Crippen molar-refractivity contribution in [2.24, 2.45) is 0 Å². The Morgan fingerprint density at radius 3 is 2.63 bits per heavy atom. The largest absolute Gasteiger partial charge is 0.396 e. The number of aliphatic hydroxyl groups excluding tert-OH is 1. The Labute approximate surface area is 156 Å². The summed E-state index contributed by atoms with van der Waals surface area (Å²) in [6.45, 7) is 1.99. The molecule has 1 saturated heterocycles. The lowest BCUT2D eigenvalue weighted by molar-refractivity contribution is 0.0946. The smallest absolute Gasteiger partial charge is 0.273 e. The number of carbonyl (C=O) groups is 1. The monoisotopic (exact) mass is 379 g/mol. The molecule has 0 spiro atoms. The van der Waals surface area contributed by atoms with Crippen LogP contribution in [0.15, 0.2) is 24.4 Å². The summed E-state index contributed by atoms with van der Waals surface area (Å²) in [4.78, 5) is 14.0. The number of rotatable bonds is 7. The lowest BCUT2D eigenvalue weighted by atomic mass is 10.0. The molecule has 2 N–H and O–H groups in total. The average molecular weight is 379 g/mol. The molecule has 1 aliphatic heterocycles. The van der Waals surface area contributed by atoms with E-state index in [9.17, 15) is 13.6 Å². The van der Waals surface area contributed by atoms with Gasteiger partial charge in [0.15, 0.2) is 5.69 Å². The third-order valence-electron chi connectivity index (χ3n) is 4.74. The van der Waals surface area contributed by atoms with Gasteiger partial charge in [-0.2, -0.15) is 0 Å². The fourth-order valence-corrected chi connectivity index (χ4v) is 3.18. The van der Waals surface area contributed by atoms with Gasteiger partial charge in [0.1, 0.15) is 11.6 Å². The normalized spacial score (nSPS) is 15.8. The van der Waals surface area contributed by atoms with Crippen LogP contribution in [0.3, 0.4) is 0 Å². The number of carbonyl (C=O) groups excluding carboxylic acids is 1. The summed E-state index contributed by atoms with van der Waals surface area (Å²) in [7, 11) is 0. The van der Waals surface area contributed by atoms with E-state index >= 15 is 0 Å². The molecule has 1 aliphatic rings. The van der Waals surface area contributed by atoms with Gasteiger partial charge in [-0.1, -0.05) is 11.3 Å². The molecule has 0 bridgehead atoms. The molecule has 0 unspecified atom stereocenters. The molecule has 0 atom stereocenters. The maximum atomic E-state index is 13.8. The molecule has 2 heterocycles. The zero-order valence-electron chi connectivity index (χ0n) is 14.9. The fourth-order valence-electron chi connectivity index (χ4n) is 3.18. The van der Waals surface area contributed by atoms with Crippen molar-refractivity contribution in [2.75, 3.05) is 26.2 Å². The first-order chi connectivity index (χ1) is 13.1. The van der Waals surface area contributed by atoms with Crippen LogP contribution in [0.1, 0.15) is 41.4 Å². The highest BCUT2D eigenvalue weighted by Crippen LogP contribution is 2.24. The molecule has 0 radical (unpaired) electrons. The number of benzene rings is 1. The quantitative estimate of drug-likeness (QED) is 0.713. The number of piperidine rings is 1. The first-order valence-electron chi connectivity index (χ1n) is 9.04. The predicted octanol–water partition coefficient (Wildman–Crippen LogP) is 1.51. The van der Waals surface area contributed by atoms with E-state index in [1.165, 1.54) is 18.2 Å². The number of hydrogen-bond donors (Lipinski definition) is 2. The van der Waals surface area contributed by atoms with Gasteiger partial charge in [-0.25, -0.2) is 13.5 Å². The molecule has 7 nitrogen and oxygen atoms in total. The zero-order chi connectivity index (χ0) is 19.2. The lowest BCUT2D eigenvalue weighted by Crippen LogP contribution is -2.35. The van der Waals surface area contributed by atoms with Gasteiger partial charge < -0.3 is 10.4 Å². The average Bonchev–Trinajstić information content (AvgIpc) is 3.16. The van der Waals surface area contributed by atoms with E-state index in [0.29, 0.717) is 26.1 Å². The second kappa shape index (κ2) is 9.01. The molecule has 1 amide bonds. The van der Waals surface area contributed by atoms with E-state index < -0.39 is 11.6 Å². The van der Waals surface area contributed by atoms with Crippen molar-refractivity contribution in [3.8, 4) is 0 Å². The summed E-state index contributed by atoms with van der Waals surface area (Å²) in [6, 6.07) is 4.00. The molecule has 146 valence electrons. The Bertz CT molecular complexity index is 755. The number of amides is 1. The van der Waals surface area contributed by atoms with E-state index in [0.717, 1.165) is 12.8 Å². The minimum Gasteiger partial charge on any atom is -0.396 e. The van der Waals surface area contributed by atoms with Crippen molar-refractivity contribution in [1.29, 1.82) is 0 Å². The molecule has 3 rings (SSSR count). The van der Waals surface area contributed by atoms with Crippen LogP contribution in [0.25, 0.3) is 0 Å². The standard InChI is InChI=1S/C18H23F2N5O2/c19-15-3-1-4-16(20)14(15)11-24-8-5-13(6-9-24)25-12-17(22-23-25)18(27)21-7-2-10-26/h1,3-4,12-13,26H,2,5-11H2,(H,21,27). The number of nitrogens with zero attached hydrogens (tertiary/aromatic N) is 4. The topological polar surface area (TPSA) is 83.3 Å². The van der Waals surface area contributed by atoms with Gasteiger partial charge in [0.2, 0.25) is 0 Å². The van der Waals surface area contributed by atoms with E-state index in [-0.39, 0.29) is 36.4 Å². The van der Waals surface area contributed by atoms with Crippen LogP contribution in [0.2, 0.25) is 0 Å². The Morgan fingerprint density at radius 1 is 1.26 bits per heavy atom. The third kappa shape index (κ3) is 4.86. The van der Waals surface area contributed by atoms with E-state index in [2.05, 4.69) is 15.6 Å². The predicted molar refractivity (Wildman–Crippen MR) is 94.0 cm³/mol. The van der Waals surface area contributed by atoms with Crippen LogP contribution in [0, 0.1) is 11.6 Å². The van der Waals surface area contributed by atoms with Crippen molar-refractivity contribution in [1.82, 2.24) is 25.2 Å². The highest BCUT2D eigenvalue weighted by molar-refractivity contribution is 5.91. The van der Waals surface area contributed by atoms with Crippen molar-refractivity contribution < 1.29 is 18.7 Å². The van der Waals surface area contributed by atoms with E-state index in [4.69, 9.17) is 5.11 Å². The van der Waals surface area contributed by atoms with Crippen LogP contribution < -0.4 is 5.32 Å². The second-order valence-electron chi connectivity index (χ2n) is 6.62. The van der Waals surface area contributed by atoms with Crippen molar-refractivity contribution in [3.05, 3.63) is 47.3 Å². The summed E-state index contributed by atoms with van der Waals surface area (Å²) in [5.41, 5.74) is 0.335. The van der Waals surface area contributed by atoms with Crippen LogP contribution in [0.5, 0.6) is 0 Å². The molecule has 0 saturated carbocycles. The number of halogens is 2. The Morgan fingerprint density at radius 2 is 1.96 bits per heavy atom. The molecule has 27 heavy (non-hydrogen) atoms. The van der Waals surface area contributed by atoms with Crippen LogP contribution in [-0.2, 0) is 6.54 Å². The number of aromatic nitrogens is 3. The Kier molecular flexibility index (Phi) is 6.46. The zero-order valence-corrected chi connectivity index (χ0v) is 14.9. The summed E-state index contributed by atoms with van der Waals surface area (Å²) in [5.74, 6) is -1.36. The summed E-state index contributed by atoms with van der Waals surface area (Å²) in [6.07, 6.45) is 3.61. The van der Waals surface area contributed by atoms with Gasteiger partial charge in [-0.15, -0.1) is 5.10 Å². The van der Waals surface area contributed by atoms with Gasteiger partial charge >= 0.3 is 0 Å². The lowest BCUT2D eigenvalue weighted by Gasteiger charge is -2.31. The van der Waals surface area contributed by atoms with Gasteiger partial charge in [0, 0.05) is 38.3 Å². The molecule has 2 aromatic rings. The van der Waals surface area contributed by atoms with E-state index in [1.54, 1.807) is 10.9 Å². The molecule has 1 aromatic carbocycles. The van der Waals surface area contributed by atoms with Gasteiger partial charge in [0.25, 0.3) is 5.91 Å².